The van der Waals surface area contributed by atoms with Crippen molar-refractivity contribution in [3.8, 4) is 0 Å². The number of rotatable bonds is 5. The molecule has 0 radical (unpaired) electrons. The van der Waals surface area contributed by atoms with Gasteiger partial charge in [-0.05, 0) is 26.3 Å². The van der Waals surface area contributed by atoms with E-state index < -0.39 is 0 Å². The summed E-state index contributed by atoms with van der Waals surface area (Å²) in [7, 11) is 0. The summed E-state index contributed by atoms with van der Waals surface area (Å²) in [6.45, 7) is 9.58. The summed E-state index contributed by atoms with van der Waals surface area (Å²) >= 11 is 0. The molecule has 1 atom stereocenters. The van der Waals surface area contributed by atoms with Gasteiger partial charge in [-0.1, -0.05) is 12.5 Å². The monoisotopic (exact) mass is 224 g/mol. The maximum Gasteiger partial charge on any atom is 0.188 e. The van der Waals surface area contributed by atoms with E-state index in [4.69, 9.17) is 5.73 Å². The molecule has 1 rings (SSSR count). The van der Waals surface area contributed by atoms with Gasteiger partial charge in [0.15, 0.2) is 5.96 Å². The van der Waals surface area contributed by atoms with Crippen LogP contribution in [0.2, 0.25) is 0 Å². The topological polar surface area (TPSA) is 53.6 Å². The molecule has 0 aromatic heterocycles. The lowest BCUT2D eigenvalue weighted by Gasteiger charge is -2.32. The Balaban J connectivity index is 2.20. The van der Waals surface area contributed by atoms with Crippen molar-refractivity contribution < 1.29 is 0 Å². The molecule has 1 fully saturated rings. The van der Waals surface area contributed by atoms with Crippen LogP contribution in [-0.2, 0) is 0 Å². The van der Waals surface area contributed by atoms with Crippen LogP contribution in [-0.4, -0.2) is 43.1 Å². The van der Waals surface area contributed by atoms with Crippen LogP contribution < -0.4 is 11.1 Å². The van der Waals surface area contributed by atoms with Gasteiger partial charge in [0.2, 0.25) is 0 Å². The third-order valence-corrected chi connectivity index (χ3v) is 3.04. The van der Waals surface area contributed by atoms with E-state index in [0.717, 1.165) is 13.1 Å². The summed E-state index contributed by atoms with van der Waals surface area (Å²) in [5.74, 6) is 0.518. The van der Waals surface area contributed by atoms with E-state index in [2.05, 4.69) is 28.7 Å². The van der Waals surface area contributed by atoms with Gasteiger partial charge in [0.1, 0.15) is 0 Å². The van der Waals surface area contributed by atoms with Gasteiger partial charge in [0, 0.05) is 19.1 Å². The Morgan fingerprint density at radius 1 is 1.62 bits per heavy atom. The number of aliphatic imine (C=N–C) groups is 1. The van der Waals surface area contributed by atoms with Gasteiger partial charge in [-0.15, -0.1) is 6.58 Å². The molecule has 1 aliphatic rings. The van der Waals surface area contributed by atoms with Gasteiger partial charge in [-0.2, -0.15) is 0 Å². The normalized spacial score (nSPS) is 23.1. The van der Waals surface area contributed by atoms with Crippen LogP contribution in [0.4, 0.5) is 0 Å². The van der Waals surface area contributed by atoms with Crippen molar-refractivity contribution in [3.05, 3.63) is 12.7 Å². The summed E-state index contributed by atoms with van der Waals surface area (Å²) in [5, 5.41) is 2.97. The van der Waals surface area contributed by atoms with Crippen molar-refractivity contribution in [1.29, 1.82) is 0 Å². The molecule has 1 unspecified atom stereocenters. The fraction of sp³-hybridized carbons (Fsp3) is 0.750. The smallest absolute Gasteiger partial charge is 0.188 e. The second-order valence-corrected chi connectivity index (χ2v) is 4.32. The average molecular weight is 224 g/mol. The van der Waals surface area contributed by atoms with Crippen LogP contribution in [0.1, 0.15) is 26.2 Å². The highest BCUT2D eigenvalue weighted by molar-refractivity contribution is 5.77. The Morgan fingerprint density at radius 3 is 3.12 bits per heavy atom. The van der Waals surface area contributed by atoms with E-state index in [1.54, 1.807) is 6.08 Å². The molecule has 0 aliphatic carbocycles. The van der Waals surface area contributed by atoms with Gasteiger partial charge in [-0.3, -0.25) is 9.89 Å². The third-order valence-electron chi connectivity index (χ3n) is 3.04. The van der Waals surface area contributed by atoms with Crippen molar-refractivity contribution in [2.24, 2.45) is 10.7 Å². The minimum absolute atomic E-state index is 0.518. The zero-order valence-electron chi connectivity index (χ0n) is 10.3. The quantitative estimate of drug-likeness (QED) is 0.415. The van der Waals surface area contributed by atoms with Crippen LogP contribution >= 0.6 is 0 Å². The number of hydrogen-bond acceptors (Lipinski definition) is 2. The first-order chi connectivity index (χ1) is 7.74. The fourth-order valence-electron chi connectivity index (χ4n) is 2.02. The van der Waals surface area contributed by atoms with Gasteiger partial charge in [0.05, 0.1) is 6.54 Å². The molecular weight excluding hydrogens is 200 g/mol. The maximum atomic E-state index is 5.68. The second kappa shape index (κ2) is 7.28. The minimum Gasteiger partial charge on any atom is -0.370 e. The highest BCUT2D eigenvalue weighted by atomic mass is 15.2. The Hall–Kier alpha value is -1.03. The standard InChI is InChI=1S/C12H24N4/c1-3-7-14-12(13)15-8-10-16-9-5-4-6-11(16)2/h3,11H,1,4-10H2,2H3,(H3,13,14,15). The molecule has 1 aliphatic heterocycles. The molecule has 92 valence electrons. The molecule has 1 heterocycles. The van der Waals surface area contributed by atoms with Crippen LogP contribution in [0.25, 0.3) is 0 Å². The van der Waals surface area contributed by atoms with E-state index in [0.29, 0.717) is 18.5 Å². The molecule has 0 bridgehead atoms. The lowest BCUT2D eigenvalue weighted by molar-refractivity contribution is 0.166. The van der Waals surface area contributed by atoms with E-state index in [1.165, 1.54) is 25.8 Å². The van der Waals surface area contributed by atoms with E-state index in [1.807, 2.05) is 0 Å². The Labute approximate surface area is 98.6 Å². The molecule has 16 heavy (non-hydrogen) atoms. The van der Waals surface area contributed by atoms with Gasteiger partial charge in [-0.25, -0.2) is 0 Å². The molecule has 3 N–H and O–H groups in total. The SMILES string of the molecule is C=CCNC(N)=NCCN1CCCCC1C. The van der Waals surface area contributed by atoms with Crippen molar-refractivity contribution in [2.45, 2.75) is 32.2 Å². The lowest BCUT2D eigenvalue weighted by Crippen LogP contribution is -2.39. The zero-order chi connectivity index (χ0) is 11.8. The van der Waals surface area contributed by atoms with Crippen molar-refractivity contribution in [3.63, 3.8) is 0 Å². The van der Waals surface area contributed by atoms with Crippen LogP contribution in [0.15, 0.2) is 17.6 Å². The number of nitrogens with zero attached hydrogens (tertiary/aromatic N) is 2. The first-order valence-electron chi connectivity index (χ1n) is 6.12. The number of nitrogens with one attached hydrogen (secondary N) is 1. The molecule has 0 aromatic carbocycles. The van der Waals surface area contributed by atoms with Crippen molar-refractivity contribution in [2.75, 3.05) is 26.2 Å². The summed E-state index contributed by atoms with van der Waals surface area (Å²) < 4.78 is 0. The van der Waals surface area contributed by atoms with E-state index >= 15 is 0 Å². The number of piperidine rings is 1. The predicted molar refractivity (Wildman–Crippen MR) is 69.6 cm³/mol. The summed E-state index contributed by atoms with van der Waals surface area (Å²) in [4.78, 5) is 6.78. The molecular formula is C12H24N4. The first kappa shape index (κ1) is 13.0. The Kier molecular flexibility index (Phi) is 5.93. The van der Waals surface area contributed by atoms with Gasteiger partial charge >= 0.3 is 0 Å². The second-order valence-electron chi connectivity index (χ2n) is 4.32. The molecule has 0 saturated carbocycles. The molecule has 0 aromatic rings. The minimum atomic E-state index is 0.518. The van der Waals surface area contributed by atoms with Gasteiger partial charge in [0.25, 0.3) is 0 Å². The summed E-state index contributed by atoms with van der Waals surface area (Å²) in [6.07, 6.45) is 5.77. The molecule has 0 spiro atoms. The van der Waals surface area contributed by atoms with E-state index in [9.17, 15) is 0 Å². The van der Waals surface area contributed by atoms with Crippen molar-refractivity contribution in [1.82, 2.24) is 10.2 Å². The molecule has 0 amide bonds. The fourth-order valence-corrected chi connectivity index (χ4v) is 2.02. The highest BCUT2D eigenvalue weighted by Crippen LogP contribution is 2.15. The molecule has 1 saturated heterocycles. The Morgan fingerprint density at radius 2 is 2.44 bits per heavy atom. The average Bonchev–Trinajstić information content (AvgIpc) is 2.29. The molecule has 4 nitrogen and oxygen atoms in total. The highest BCUT2D eigenvalue weighted by Gasteiger charge is 2.16. The third kappa shape index (κ3) is 4.66. The first-order valence-corrected chi connectivity index (χ1v) is 6.12. The summed E-state index contributed by atoms with van der Waals surface area (Å²) in [5.41, 5.74) is 5.68. The van der Waals surface area contributed by atoms with Gasteiger partial charge < -0.3 is 11.1 Å². The predicted octanol–water partition coefficient (Wildman–Crippen LogP) is 0.951. The number of nitrogens with two attached hydrogens (primary N) is 1. The van der Waals surface area contributed by atoms with E-state index in [-0.39, 0.29) is 0 Å². The van der Waals surface area contributed by atoms with Crippen LogP contribution in [0.3, 0.4) is 0 Å². The number of guanidine groups is 1. The molecule has 4 heteroatoms. The summed E-state index contributed by atoms with van der Waals surface area (Å²) in [6, 6.07) is 0.700. The zero-order valence-corrected chi connectivity index (χ0v) is 10.3. The number of hydrogen-bond donors (Lipinski definition) is 2. The Bertz CT molecular complexity index is 237. The largest absolute Gasteiger partial charge is 0.370 e. The maximum absolute atomic E-state index is 5.68. The van der Waals surface area contributed by atoms with Crippen molar-refractivity contribution >= 4 is 5.96 Å². The van der Waals surface area contributed by atoms with Crippen LogP contribution in [0.5, 0.6) is 0 Å². The number of likely N-dealkylation sites (tertiary alicyclic amines) is 1. The lowest BCUT2D eigenvalue weighted by atomic mass is 10.0. The van der Waals surface area contributed by atoms with Crippen LogP contribution in [0, 0.1) is 0 Å².